The summed E-state index contributed by atoms with van der Waals surface area (Å²) in [6, 6.07) is 29.1. The molecule has 4 rings (SSSR count). The van der Waals surface area contributed by atoms with Crippen LogP contribution in [0.3, 0.4) is 0 Å². The van der Waals surface area contributed by atoms with Crippen LogP contribution in [0.25, 0.3) is 6.08 Å². The zero-order valence-electron chi connectivity index (χ0n) is 37.1. The molecule has 0 spiro atoms. The van der Waals surface area contributed by atoms with E-state index >= 15 is 0 Å². The van der Waals surface area contributed by atoms with Crippen molar-refractivity contribution in [1.29, 1.82) is 0 Å². The lowest BCUT2D eigenvalue weighted by Gasteiger charge is -2.13. The van der Waals surface area contributed by atoms with Crippen LogP contribution in [0, 0.1) is 0 Å². The van der Waals surface area contributed by atoms with Crippen molar-refractivity contribution in [3.63, 3.8) is 0 Å². The molecule has 0 N–H and O–H groups in total. The van der Waals surface area contributed by atoms with Crippen LogP contribution in [0.5, 0.6) is 23.0 Å². The number of hydrogen-bond donors (Lipinski definition) is 0. The maximum atomic E-state index is 13.3. The summed E-state index contributed by atoms with van der Waals surface area (Å²) >= 11 is 0. The molecular formula is C54H74O6. The Kier molecular flexibility index (Phi) is 24.2. The van der Waals surface area contributed by atoms with Crippen molar-refractivity contribution in [2.75, 3.05) is 13.2 Å². The molecule has 0 saturated heterocycles. The van der Waals surface area contributed by atoms with E-state index in [0.29, 0.717) is 30.3 Å². The summed E-state index contributed by atoms with van der Waals surface area (Å²) in [5, 5.41) is 0. The zero-order chi connectivity index (χ0) is 42.3. The number of rotatable bonds is 34. The van der Waals surface area contributed by atoms with Gasteiger partial charge in [-0.15, -0.1) is 0 Å². The second-order valence-electron chi connectivity index (χ2n) is 16.1. The minimum absolute atomic E-state index is 0.152. The largest absolute Gasteiger partial charge is 0.494 e. The topological polar surface area (TPSA) is 63.2 Å². The van der Waals surface area contributed by atoms with Crippen molar-refractivity contribution < 1.29 is 28.5 Å². The Balaban J connectivity index is 1.24. The van der Waals surface area contributed by atoms with Crippen LogP contribution in [-0.2, 0) is 24.6 Å². The fraction of sp³-hybridized carbons (Fsp3) is 0.500. The lowest BCUT2D eigenvalue weighted by atomic mass is 10.1. The maximum absolute atomic E-state index is 13.3. The molecule has 0 unspecified atom stereocenters. The average Bonchev–Trinajstić information content (AvgIpc) is 3.28. The van der Waals surface area contributed by atoms with Gasteiger partial charge in [-0.1, -0.05) is 191 Å². The summed E-state index contributed by atoms with van der Waals surface area (Å²) in [5.74, 6) is 2.32. The summed E-state index contributed by atoms with van der Waals surface area (Å²) in [6.45, 7) is 10.6. The molecule has 0 aliphatic rings. The molecule has 0 fully saturated rings. The van der Waals surface area contributed by atoms with Crippen LogP contribution >= 0.6 is 0 Å². The fourth-order valence-corrected chi connectivity index (χ4v) is 7.09. The Morgan fingerprint density at radius 3 is 1.20 bits per heavy atom. The maximum Gasteiger partial charge on any atom is 0.338 e. The quantitative estimate of drug-likeness (QED) is 0.0346. The number of esters is 1. The van der Waals surface area contributed by atoms with Crippen LogP contribution < -0.4 is 18.9 Å². The normalized spacial score (nSPS) is 11.0. The van der Waals surface area contributed by atoms with Crippen LogP contribution in [0.1, 0.15) is 175 Å². The van der Waals surface area contributed by atoms with Gasteiger partial charge in [0, 0.05) is 6.07 Å². The van der Waals surface area contributed by atoms with Crippen LogP contribution in [0.4, 0.5) is 0 Å². The molecule has 0 aromatic heterocycles. The monoisotopic (exact) mass is 819 g/mol. The predicted molar refractivity (Wildman–Crippen MR) is 248 cm³/mol. The van der Waals surface area contributed by atoms with Gasteiger partial charge in [-0.05, 0) is 71.5 Å². The highest BCUT2D eigenvalue weighted by Gasteiger charge is 2.13. The third kappa shape index (κ3) is 20.5. The van der Waals surface area contributed by atoms with E-state index in [1.807, 2.05) is 78.9 Å². The van der Waals surface area contributed by atoms with Gasteiger partial charge in [-0.2, -0.15) is 0 Å². The Morgan fingerprint density at radius 1 is 0.433 bits per heavy atom. The molecule has 4 aromatic rings. The molecule has 0 bridgehead atoms. The highest BCUT2D eigenvalue weighted by Crippen LogP contribution is 2.27. The van der Waals surface area contributed by atoms with Crippen molar-refractivity contribution in [2.24, 2.45) is 0 Å². The molecule has 6 nitrogen and oxygen atoms in total. The van der Waals surface area contributed by atoms with Crippen LogP contribution in [-0.4, -0.2) is 19.2 Å². The van der Waals surface area contributed by atoms with E-state index in [0.717, 1.165) is 59.8 Å². The van der Waals surface area contributed by atoms with E-state index in [1.54, 1.807) is 18.2 Å². The van der Waals surface area contributed by atoms with E-state index < -0.39 is 5.97 Å². The fourth-order valence-electron chi connectivity index (χ4n) is 7.09. The third-order valence-electron chi connectivity index (χ3n) is 10.9. The number of ether oxygens (including phenoxy) is 5. The number of unbranched alkanes of at least 4 members (excludes halogenated alkanes) is 18. The Morgan fingerprint density at radius 2 is 0.800 bits per heavy atom. The molecule has 0 atom stereocenters. The molecular weight excluding hydrogens is 745 g/mol. The standard InChI is InChI=1S/C54H74O6/c1-4-7-9-11-13-15-17-19-21-23-37-56-50-33-29-47(30-34-50)42-58-52-39-49(54(55)60-44-46-27-25-45(6-3)26-28-46)40-53(41-52)59-43-48-31-35-51(36-32-48)57-38-24-22-20-18-16-14-12-10-8-5-2/h6,25-36,39-41H,3-5,7-24,37-38,42-44H2,1-2H3. The first-order valence-electron chi connectivity index (χ1n) is 23.3. The Bertz CT molecular complexity index is 1620. The van der Waals surface area contributed by atoms with Gasteiger partial charge in [0.05, 0.1) is 18.8 Å². The molecule has 6 heteroatoms. The van der Waals surface area contributed by atoms with Gasteiger partial charge in [0.25, 0.3) is 0 Å². The lowest BCUT2D eigenvalue weighted by Crippen LogP contribution is -2.07. The molecule has 4 aromatic carbocycles. The summed E-state index contributed by atoms with van der Waals surface area (Å²) in [5.41, 5.74) is 4.25. The van der Waals surface area contributed by atoms with Crippen LogP contribution in [0.2, 0.25) is 0 Å². The molecule has 0 aliphatic carbocycles. The molecule has 0 radical (unpaired) electrons. The molecule has 326 valence electrons. The first-order chi connectivity index (χ1) is 29.6. The second kappa shape index (κ2) is 30.3. The van der Waals surface area contributed by atoms with Gasteiger partial charge < -0.3 is 23.7 Å². The van der Waals surface area contributed by atoms with Crippen molar-refractivity contribution in [2.45, 2.75) is 162 Å². The van der Waals surface area contributed by atoms with Gasteiger partial charge in [0.15, 0.2) is 0 Å². The molecule has 0 heterocycles. The van der Waals surface area contributed by atoms with E-state index in [2.05, 4.69) is 20.4 Å². The smallest absolute Gasteiger partial charge is 0.338 e. The Hall–Kier alpha value is -4.71. The van der Waals surface area contributed by atoms with Crippen molar-refractivity contribution >= 4 is 12.0 Å². The zero-order valence-corrected chi connectivity index (χ0v) is 37.1. The third-order valence-corrected chi connectivity index (χ3v) is 10.9. The highest BCUT2D eigenvalue weighted by atomic mass is 16.5. The second-order valence-corrected chi connectivity index (χ2v) is 16.1. The number of benzene rings is 4. The van der Waals surface area contributed by atoms with Crippen molar-refractivity contribution in [3.8, 4) is 23.0 Å². The SMILES string of the molecule is C=Cc1ccc(COC(=O)c2cc(OCc3ccc(OCCCCCCCCCCCC)cc3)cc(OCc3ccc(OCCCCCCCCCCCC)cc3)c2)cc1. The van der Waals surface area contributed by atoms with E-state index in [9.17, 15) is 4.79 Å². The summed E-state index contributed by atoms with van der Waals surface area (Å²) in [7, 11) is 0. The summed E-state index contributed by atoms with van der Waals surface area (Å²) in [6.07, 6.45) is 27.9. The van der Waals surface area contributed by atoms with E-state index in [-0.39, 0.29) is 6.61 Å². The van der Waals surface area contributed by atoms with Gasteiger partial charge in [0.2, 0.25) is 0 Å². The number of hydrogen-bond acceptors (Lipinski definition) is 6. The minimum atomic E-state index is -0.453. The first kappa shape index (κ1) is 48.0. The van der Waals surface area contributed by atoms with Crippen molar-refractivity contribution in [3.05, 3.63) is 125 Å². The summed E-state index contributed by atoms with van der Waals surface area (Å²) < 4.78 is 30.2. The van der Waals surface area contributed by atoms with E-state index in [1.165, 1.54) is 116 Å². The molecule has 60 heavy (non-hydrogen) atoms. The number of carbonyl (C=O) groups excluding carboxylic acids is 1. The van der Waals surface area contributed by atoms with Gasteiger partial charge in [-0.3, -0.25) is 0 Å². The molecule has 0 amide bonds. The highest BCUT2D eigenvalue weighted by molar-refractivity contribution is 5.90. The average molecular weight is 819 g/mol. The summed E-state index contributed by atoms with van der Waals surface area (Å²) in [4.78, 5) is 13.3. The number of carbonyl (C=O) groups is 1. The van der Waals surface area contributed by atoms with Crippen LogP contribution in [0.15, 0.2) is 97.6 Å². The molecule has 0 saturated carbocycles. The Labute approximate surface area is 363 Å². The minimum Gasteiger partial charge on any atom is -0.494 e. The van der Waals surface area contributed by atoms with Gasteiger partial charge >= 0.3 is 5.97 Å². The lowest BCUT2D eigenvalue weighted by molar-refractivity contribution is 0.0471. The van der Waals surface area contributed by atoms with E-state index in [4.69, 9.17) is 23.7 Å². The first-order valence-corrected chi connectivity index (χ1v) is 23.3. The van der Waals surface area contributed by atoms with Crippen molar-refractivity contribution in [1.82, 2.24) is 0 Å². The predicted octanol–water partition coefficient (Wildman–Crippen LogP) is 15.4. The molecule has 0 aliphatic heterocycles. The van der Waals surface area contributed by atoms with Gasteiger partial charge in [-0.25, -0.2) is 4.79 Å². The van der Waals surface area contributed by atoms with Gasteiger partial charge in [0.1, 0.15) is 42.8 Å².